The molecule has 0 aromatic heterocycles. The third-order valence-corrected chi connectivity index (χ3v) is 5.31. The number of methoxy groups -OCH3 is 2. The Morgan fingerprint density at radius 1 is 0.967 bits per heavy atom. The Morgan fingerprint density at radius 2 is 1.63 bits per heavy atom. The maximum atomic E-state index is 12.7. The molecule has 2 aromatic carbocycles. The van der Waals surface area contributed by atoms with Crippen LogP contribution in [0.3, 0.4) is 0 Å². The van der Waals surface area contributed by atoms with Gasteiger partial charge in [0.2, 0.25) is 3.79 Å². The van der Waals surface area contributed by atoms with Crippen molar-refractivity contribution < 1.29 is 14.3 Å². The minimum absolute atomic E-state index is 0.0809. The van der Waals surface area contributed by atoms with Crippen LogP contribution in [0.4, 0.5) is 5.69 Å². The standard InChI is InChI=1S/C18H16Cl5N3O3S/c1-28-13-6-3-9(7-14(13)29-2)15(27)25-16(18(21,22)23)26-17(30)24-10-4-5-11(19)12(20)8-10/h3-8,16H,1-2H3,(H,25,27)(H2,24,26,30)/t16-/m1/s1. The molecule has 1 amide bonds. The van der Waals surface area contributed by atoms with E-state index in [-0.39, 0.29) is 10.7 Å². The highest BCUT2D eigenvalue weighted by Crippen LogP contribution is 2.31. The van der Waals surface area contributed by atoms with Gasteiger partial charge in [0.15, 0.2) is 16.6 Å². The van der Waals surface area contributed by atoms with Crippen LogP contribution in [0.15, 0.2) is 36.4 Å². The molecule has 2 rings (SSSR count). The summed E-state index contributed by atoms with van der Waals surface area (Å²) in [4.78, 5) is 12.7. The summed E-state index contributed by atoms with van der Waals surface area (Å²) < 4.78 is 8.43. The number of nitrogens with one attached hydrogen (secondary N) is 3. The van der Waals surface area contributed by atoms with Crippen molar-refractivity contribution in [3.8, 4) is 11.5 Å². The van der Waals surface area contributed by atoms with Crippen molar-refractivity contribution in [3.63, 3.8) is 0 Å². The molecular weight excluding hydrogens is 516 g/mol. The van der Waals surface area contributed by atoms with Crippen LogP contribution in [0.25, 0.3) is 0 Å². The topological polar surface area (TPSA) is 71.6 Å². The summed E-state index contributed by atoms with van der Waals surface area (Å²) in [6.07, 6.45) is -1.16. The molecule has 0 bridgehead atoms. The van der Waals surface area contributed by atoms with E-state index in [2.05, 4.69) is 16.0 Å². The molecule has 162 valence electrons. The van der Waals surface area contributed by atoms with E-state index >= 15 is 0 Å². The van der Waals surface area contributed by atoms with Gasteiger partial charge in [-0.15, -0.1) is 0 Å². The maximum absolute atomic E-state index is 12.7. The number of hydrogen-bond donors (Lipinski definition) is 3. The first kappa shape index (κ1) is 24.9. The van der Waals surface area contributed by atoms with Crippen molar-refractivity contribution in [1.29, 1.82) is 0 Å². The molecule has 0 aliphatic heterocycles. The molecule has 12 heteroatoms. The second-order valence-corrected chi connectivity index (χ2v) is 9.34. The number of carbonyl (C=O) groups is 1. The van der Waals surface area contributed by atoms with Crippen LogP contribution in [0.2, 0.25) is 10.0 Å². The van der Waals surface area contributed by atoms with E-state index in [0.29, 0.717) is 27.2 Å². The number of anilines is 1. The van der Waals surface area contributed by atoms with Crippen LogP contribution < -0.4 is 25.4 Å². The molecule has 0 unspecified atom stereocenters. The molecule has 0 aliphatic rings. The normalized spacial score (nSPS) is 12.0. The first-order valence-electron chi connectivity index (χ1n) is 8.17. The number of ether oxygens (including phenoxy) is 2. The lowest BCUT2D eigenvalue weighted by atomic mass is 10.2. The average molecular weight is 532 g/mol. The van der Waals surface area contributed by atoms with Crippen molar-refractivity contribution >= 4 is 86.9 Å². The fourth-order valence-electron chi connectivity index (χ4n) is 2.26. The lowest BCUT2D eigenvalue weighted by Gasteiger charge is -2.28. The van der Waals surface area contributed by atoms with Crippen LogP contribution in [0.5, 0.6) is 11.5 Å². The first-order valence-corrected chi connectivity index (χ1v) is 10.5. The van der Waals surface area contributed by atoms with Crippen molar-refractivity contribution in [2.24, 2.45) is 0 Å². The number of rotatable bonds is 6. The van der Waals surface area contributed by atoms with E-state index in [1.165, 1.54) is 20.3 Å². The van der Waals surface area contributed by atoms with E-state index in [1.54, 1.807) is 30.3 Å². The van der Waals surface area contributed by atoms with Crippen molar-refractivity contribution in [2.45, 2.75) is 9.96 Å². The molecule has 0 heterocycles. The van der Waals surface area contributed by atoms with Gasteiger partial charge in [-0.25, -0.2) is 0 Å². The fraction of sp³-hybridized carbons (Fsp3) is 0.222. The van der Waals surface area contributed by atoms with Gasteiger partial charge in [0.25, 0.3) is 5.91 Å². The minimum Gasteiger partial charge on any atom is -0.493 e. The molecule has 0 spiro atoms. The summed E-state index contributed by atoms with van der Waals surface area (Å²) in [5.41, 5.74) is 0.813. The highest BCUT2D eigenvalue weighted by molar-refractivity contribution is 7.80. The van der Waals surface area contributed by atoms with Crippen LogP contribution in [0.1, 0.15) is 10.4 Å². The molecular formula is C18H16Cl5N3O3S. The van der Waals surface area contributed by atoms with Gasteiger partial charge >= 0.3 is 0 Å². The monoisotopic (exact) mass is 529 g/mol. The molecule has 6 nitrogen and oxygen atoms in total. The Balaban J connectivity index is 2.13. The van der Waals surface area contributed by atoms with E-state index in [1.807, 2.05) is 0 Å². The summed E-state index contributed by atoms with van der Waals surface area (Å²) in [7, 11) is 2.94. The molecule has 0 fully saturated rings. The first-order chi connectivity index (χ1) is 14.0. The third-order valence-electron chi connectivity index (χ3n) is 3.70. The second-order valence-electron chi connectivity index (χ2n) is 5.75. The van der Waals surface area contributed by atoms with Crippen LogP contribution >= 0.6 is 70.2 Å². The van der Waals surface area contributed by atoms with Gasteiger partial charge in [0, 0.05) is 11.3 Å². The van der Waals surface area contributed by atoms with Crippen molar-refractivity contribution in [2.75, 3.05) is 19.5 Å². The molecule has 0 aliphatic carbocycles. The quantitative estimate of drug-likeness (QED) is 0.263. The Bertz CT molecular complexity index is 940. The molecule has 2 aromatic rings. The smallest absolute Gasteiger partial charge is 0.253 e. The fourth-order valence-corrected chi connectivity index (χ4v) is 3.12. The molecule has 30 heavy (non-hydrogen) atoms. The third kappa shape index (κ3) is 6.83. The number of carbonyl (C=O) groups excluding carboxylic acids is 1. The molecule has 1 atom stereocenters. The lowest BCUT2D eigenvalue weighted by molar-refractivity contribution is 0.0934. The van der Waals surface area contributed by atoms with E-state index in [4.69, 9.17) is 79.7 Å². The zero-order valence-corrected chi connectivity index (χ0v) is 20.2. The minimum atomic E-state index is -1.92. The zero-order chi connectivity index (χ0) is 22.5. The Hall–Kier alpha value is -1.35. The van der Waals surface area contributed by atoms with Crippen LogP contribution in [0, 0.1) is 0 Å². The van der Waals surface area contributed by atoms with Gasteiger partial charge in [-0.2, -0.15) is 0 Å². The van der Waals surface area contributed by atoms with Gasteiger partial charge in [0.1, 0.15) is 6.17 Å². The lowest BCUT2D eigenvalue weighted by Crippen LogP contribution is -2.56. The number of thiocarbonyl (C=S) groups is 1. The van der Waals surface area contributed by atoms with Crippen molar-refractivity contribution in [3.05, 3.63) is 52.0 Å². The van der Waals surface area contributed by atoms with Gasteiger partial charge in [0.05, 0.1) is 24.3 Å². The molecule has 0 saturated heterocycles. The Kier molecular flexibility index (Phi) is 8.97. The number of benzene rings is 2. The highest BCUT2D eigenvalue weighted by atomic mass is 35.6. The predicted molar refractivity (Wildman–Crippen MR) is 127 cm³/mol. The predicted octanol–water partition coefficient (Wildman–Crippen LogP) is 5.42. The second kappa shape index (κ2) is 10.8. The van der Waals surface area contributed by atoms with Gasteiger partial charge < -0.3 is 25.4 Å². The van der Waals surface area contributed by atoms with Gasteiger partial charge in [-0.05, 0) is 48.6 Å². The SMILES string of the molecule is COc1ccc(C(=O)N[C@H](NC(=S)Nc2ccc(Cl)c(Cl)c2)C(Cl)(Cl)Cl)cc1OC. The van der Waals surface area contributed by atoms with Gasteiger partial charge in [-0.3, -0.25) is 4.79 Å². The summed E-state index contributed by atoms with van der Waals surface area (Å²) in [6.45, 7) is 0. The highest BCUT2D eigenvalue weighted by Gasteiger charge is 2.35. The zero-order valence-electron chi connectivity index (χ0n) is 15.6. The van der Waals surface area contributed by atoms with E-state index in [0.717, 1.165) is 0 Å². The van der Waals surface area contributed by atoms with Crippen molar-refractivity contribution in [1.82, 2.24) is 10.6 Å². The summed E-state index contributed by atoms with van der Waals surface area (Å²) in [6, 6.07) is 9.45. The average Bonchev–Trinajstić information content (AvgIpc) is 2.68. The molecule has 0 radical (unpaired) electrons. The number of alkyl halides is 3. The largest absolute Gasteiger partial charge is 0.493 e. The molecule has 0 saturated carbocycles. The number of hydrogen-bond acceptors (Lipinski definition) is 4. The number of amides is 1. The van der Waals surface area contributed by atoms with Gasteiger partial charge in [-0.1, -0.05) is 58.0 Å². The van der Waals surface area contributed by atoms with Crippen LogP contribution in [-0.2, 0) is 0 Å². The summed E-state index contributed by atoms with van der Waals surface area (Å²) >= 11 is 35.2. The number of halogens is 5. The Morgan fingerprint density at radius 3 is 2.20 bits per heavy atom. The van der Waals surface area contributed by atoms with E-state index in [9.17, 15) is 4.79 Å². The maximum Gasteiger partial charge on any atom is 0.253 e. The molecule has 3 N–H and O–H groups in total. The van der Waals surface area contributed by atoms with E-state index < -0.39 is 15.9 Å². The summed E-state index contributed by atoms with van der Waals surface area (Å²) in [5.74, 6) is 0.314. The summed E-state index contributed by atoms with van der Waals surface area (Å²) in [5, 5.41) is 9.02. The van der Waals surface area contributed by atoms with Crippen LogP contribution in [-0.4, -0.2) is 35.2 Å². The Labute approximate surface area is 204 Å².